The first kappa shape index (κ1) is 17.7. The Bertz CT molecular complexity index is 471. The van der Waals surface area contributed by atoms with Crippen molar-refractivity contribution in [3.63, 3.8) is 0 Å². The van der Waals surface area contributed by atoms with Gasteiger partial charge in [0, 0.05) is 6.04 Å². The van der Waals surface area contributed by atoms with E-state index in [-0.39, 0.29) is 18.1 Å². The summed E-state index contributed by atoms with van der Waals surface area (Å²) in [6, 6.07) is 4.24. The second kappa shape index (κ2) is 7.60. The number of rotatable bonds is 6. The van der Waals surface area contributed by atoms with Gasteiger partial charge in [-0.2, -0.15) is 0 Å². The standard InChI is InChI=1S/C18H29NO2/c1-11(2)8-16(18(20)21-7)19-15(6)17-13(4)9-12(3)10-14(17)5/h9-11,15-16,19H,8H2,1-7H3. The highest BCUT2D eigenvalue weighted by Crippen LogP contribution is 2.24. The third kappa shape index (κ3) is 4.85. The molecule has 1 aromatic rings. The fourth-order valence-corrected chi connectivity index (χ4v) is 3.11. The van der Waals surface area contributed by atoms with Crippen LogP contribution in [0.15, 0.2) is 12.1 Å². The maximum atomic E-state index is 12.0. The van der Waals surface area contributed by atoms with Gasteiger partial charge in [-0.25, -0.2) is 0 Å². The molecule has 1 aromatic carbocycles. The molecular formula is C18H29NO2. The summed E-state index contributed by atoms with van der Waals surface area (Å²) in [6.07, 6.45) is 0.779. The molecule has 0 heterocycles. The van der Waals surface area contributed by atoms with Crippen molar-refractivity contribution in [1.29, 1.82) is 0 Å². The Morgan fingerprint density at radius 2 is 1.67 bits per heavy atom. The fourth-order valence-electron chi connectivity index (χ4n) is 3.11. The molecule has 1 rings (SSSR count). The van der Waals surface area contributed by atoms with Gasteiger partial charge >= 0.3 is 5.97 Å². The maximum absolute atomic E-state index is 12.0. The third-order valence-electron chi connectivity index (χ3n) is 3.82. The molecule has 0 radical (unpaired) electrons. The number of carbonyl (C=O) groups is 1. The van der Waals surface area contributed by atoms with Gasteiger partial charge in [-0.15, -0.1) is 0 Å². The monoisotopic (exact) mass is 291 g/mol. The van der Waals surface area contributed by atoms with Gasteiger partial charge in [-0.3, -0.25) is 10.1 Å². The molecule has 0 aromatic heterocycles. The SMILES string of the molecule is COC(=O)C(CC(C)C)NC(C)c1c(C)cc(C)cc1C. The van der Waals surface area contributed by atoms with Crippen LogP contribution in [0.3, 0.4) is 0 Å². The summed E-state index contributed by atoms with van der Waals surface area (Å²) in [7, 11) is 1.45. The van der Waals surface area contributed by atoms with E-state index < -0.39 is 0 Å². The van der Waals surface area contributed by atoms with Crippen molar-refractivity contribution in [3.05, 3.63) is 34.4 Å². The molecule has 0 spiro atoms. The molecule has 0 amide bonds. The van der Waals surface area contributed by atoms with Crippen LogP contribution in [0.2, 0.25) is 0 Å². The lowest BCUT2D eigenvalue weighted by molar-refractivity contribution is -0.143. The number of esters is 1. The van der Waals surface area contributed by atoms with E-state index in [1.807, 2.05) is 0 Å². The summed E-state index contributed by atoms with van der Waals surface area (Å²) in [5.41, 5.74) is 5.08. The molecule has 3 nitrogen and oxygen atoms in total. The quantitative estimate of drug-likeness (QED) is 0.809. The minimum absolute atomic E-state index is 0.119. The molecule has 0 aliphatic rings. The van der Waals surface area contributed by atoms with Crippen molar-refractivity contribution in [3.8, 4) is 0 Å². The molecule has 0 aliphatic heterocycles. The number of ether oxygens (including phenoxy) is 1. The molecule has 21 heavy (non-hydrogen) atoms. The van der Waals surface area contributed by atoms with Crippen LogP contribution in [0.25, 0.3) is 0 Å². The van der Waals surface area contributed by atoms with Gasteiger partial charge in [0.05, 0.1) is 7.11 Å². The van der Waals surface area contributed by atoms with E-state index >= 15 is 0 Å². The number of benzene rings is 1. The number of hydrogen-bond acceptors (Lipinski definition) is 3. The molecule has 0 saturated heterocycles. The number of hydrogen-bond donors (Lipinski definition) is 1. The smallest absolute Gasteiger partial charge is 0.322 e. The summed E-state index contributed by atoms with van der Waals surface area (Å²) in [6.45, 7) is 12.7. The number of aryl methyl sites for hydroxylation is 3. The van der Waals surface area contributed by atoms with Crippen LogP contribution in [0.1, 0.15) is 55.5 Å². The minimum atomic E-state index is -0.259. The lowest BCUT2D eigenvalue weighted by Gasteiger charge is -2.25. The van der Waals surface area contributed by atoms with Gasteiger partial charge in [-0.1, -0.05) is 31.5 Å². The molecule has 0 aliphatic carbocycles. The summed E-state index contributed by atoms with van der Waals surface area (Å²) in [4.78, 5) is 12.0. The van der Waals surface area contributed by atoms with Crippen molar-refractivity contribution in [1.82, 2.24) is 5.32 Å². The zero-order valence-corrected chi connectivity index (χ0v) is 14.4. The number of carbonyl (C=O) groups excluding carboxylic acids is 1. The largest absolute Gasteiger partial charge is 0.468 e. The van der Waals surface area contributed by atoms with Crippen LogP contribution in [0, 0.1) is 26.7 Å². The van der Waals surface area contributed by atoms with Crippen molar-refractivity contribution in [2.75, 3.05) is 7.11 Å². The van der Waals surface area contributed by atoms with Gasteiger partial charge in [0.1, 0.15) is 6.04 Å². The zero-order valence-electron chi connectivity index (χ0n) is 14.4. The highest BCUT2D eigenvalue weighted by molar-refractivity contribution is 5.75. The molecule has 2 unspecified atom stereocenters. The van der Waals surface area contributed by atoms with Gasteiger partial charge in [-0.05, 0) is 56.7 Å². The molecule has 1 N–H and O–H groups in total. The first-order valence-corrected chi connectivity index (χ1v) is 7.67. The minimum Gasteiger partial charge on any atom is -0.468 e. The summed E-state index contributed by atoms with van der Waals surface area (Å²) >= 11 is 0. The highest BCUT2D eigenvalue weighted by Gasteiger charge is 2.24. The zero-order chi connectivity index (χ0) is 16.2. The van der Waals surface area contributed by atoms with E-state index in [9.17, 15) is 4.79 Å². The van der Waals surface area contributed by atoms with Crippen LogP contribution < -0.4 is 5.32 Å². The first-order chi connectivity index (χ1) is 9.76. The van der Waals surface area contributed by atoms with Gasteiger partial charge < -0.3 is 4.74 Å². The van der Waals surface area contributed by atoms with E-state index in [4.69, 9.17) is 4.74 Å². The Labute approximate surface area is 129 Å². The van der Waals surface area contributed by atoms with Gasteiger partial charge in [0.25, 0.3) is 0 Å². The predicted octanol–water partition coefficient (Wildman–Crippen LogP) is 3.85. The normalized spacial score (nSPS) is 14.1. The molecule has 2 atom stereocenters. The van der Waals surface area contributed by atoms with Crippen molar-refractivity contribution in [2.45, 2.75) is 60.0 Å². The molecule has 0 bridgehead atoms. The summed E-state index contributed by atoms with van der Waals surface area (Å²) in [5, 5.41) is 3.44. The van der Waals surface area contributed by atoms with Crippen molar-refractivity contribution >= 4 is 5.97 Å². The summed E-state index contributed by atoms with van der Waals surface area (Å²) < 4.78 is 4.93. The lowest BCUT2D eigenvalue weighted by Crippen LogP contribution is -2.40. The molecule has 0 saturated carbocycles. The molecule has 0 fully saturated rings. The molecular weight excluding hydrogens is 262 g/mol. The Morgan fingerprint density at radius 1 is 1.14 bits per heavy atom. The van der Waals surface area contributed by atoms with Crippen LogP contribution in [0.4, 0.5) is 0 Å². The molecule has 118 valence electrons. The van der Waals surface area contributed by atoms with E-state index in [1.54, 1.807) is 0 Å². The second-order valence-corrected chi connectivity index (χ2v) is 6.41. The van der Waals surface area contributed by atoms with Crippen molar-refractivity contribution < 1.29 is 9.53 Å². The average Bonchev–Trinajstić information content (AvgIpc) is 2.35. The lowest BCUT2D eigenvalue weighted by atomic mass is 9.93. The molecule has 3 heteroatoms. The fraction of sp³-hybridized carbons (Fsp3) is 0.611. The summed E-state index contributed by atoms with van der Waals surface area (Å²) in [5.74, 6) is 0.256. The Kier molecular flexibility index (Phi) is 6.41. The van der Waals surface area contributed by atoms with Crippen LogP contribution in [-0.2, 0) is 9.53 Å². The van der Waals surface area contributed by atoms with E-state index in [0.717, 1.165) is 6.42 Å². The van der Waals surface area contributed by atoms with Crippen molar-refractivity contribution in [2.24, 2.45) is 5.92 Å². The topological polar surface area (TPSA) is 38.3 Å². The van der Waals surface area contributed by atoms with Gasteiger partial charge in [0.15, 0.2) is 0 Å². The Morgan fingerprint density at radius 3 is 2.10 bits per heavy atom. The highest BCUT2D eigenvalue weighted by atomic mass is 16.5. The predicted molar refractivity (Wildman–Crippen MR) is 87.5 cm³/mol. The van der Waals surface area contributed by atoms with Crippen LogP contribution >= 0.6 is 0 Å². The van der Waals surface area contributed by atoms with Crippen LogP contribution in [0.5, 0.6) is 0 Å². The number of nitrogens with one attached hydrogen (secondary N) is 1. The Hall–Kier alpha value is -1.35. The average molecular weight is 291 g/mol. The van der Waals surface area contributed by atoms with Gasteiger partial charge in [0.2, 0.25) is 0 Å². The first-order valence-electron chi connectivity index (χ1n) is 7.67. The Balaban J connectivity index is 2.96. The van der Waals surface area contributed by atoms with E-state index in [1.165, 1.54) is 29.4 Å². The van der Waals surface area contributed by atoms with E-state index in [0.29, 0.717) is 5.92 Å². The van der Waals surface area contributed by atoms with Crippen LogP contribution in [-0.4, -0.2) is 19.1 Å². The second-order valence-electron chi connectivity index (χ2n) is 6.41. The maximum Gasteiger partial charge on any atom is 0.322 e. The van der Waals surface area contributed by atoms with E-state index in [2.05, 4.69) is 59.0 Å². The number of methoxy groups -OCH3 is 1. The third-order valence-corrected chi connectivity index (χ3v) is 3.82.